The molecule has 1 aromatic rings. The van der Waals surface area contributed by atoms with Gasteiger partial charge in [0.1, 0.15) is 5.84 Å². The summed E-state index contributed by atoms with van der Waals surface area (Å²) in [5, 5.41) is 0.923. The van der Waals surface area contributed by atoms with E-state index in [4.69, 9.17) is 51.0 Å². The van der Waals surface area contributed by atoms with E-state index in [2.05, 4.69) is 4.99 Å². The second-order valence-electron chi connectivity index (χ2n) is 5.67. The van der Waals surface area contributed by atoms with E-state index in [0.29, 0.717) is 33.9 Å². The Kier molecular flexibility index (Phi) is 6.98. The summed E-state index contributed by atoms with van der Waals surface area (Å²) in [6.45, 7) is 3.93. The molecule has 0 fully saturated rings. The van der Waals surface area contributed by atoms with Crippen LogP contribution in [0, 0.1) is 0 Å². The second-order valence-corrected chi connectivity index (χ2v) is 6.90. The van der Waals surface area contributed by atoms with Crippen LogP contribution in [-0.2, 0) is 9.53 Å². The molecule has 1 atom stereocenters. The minimum absolute atomic E-state index is 0.222. The Bertz CT molecular complexity index is 816. The summed E-state index contributed by atoms with van der Waals surface area (Å²) < 4.78 is 5.25. The van der Waals surface area contributed by atoms with Crippen molar-refractivity contribution in [2.24, 2.45) is 16.5 Å². The standard InChI is InChI=1S/C18H20Cl3N3O2/c1-3-5-13-15(18(25)26-4-2)14(11(8-22)17(23)24-13)10-6-9(19)7-12(20)16(10)21/h6-8,14H,3-5,22H2,1-2H3,(H2,23,24)/b11-8-. The number of aliphatic imine (C=N–C) groups is 1. The van der Waals surface area contributed by atoms with Gasteiger partial charge in [0.2, 0.25) is 0 Å². The first-order chi connectivity index (χ1) is 12.3. The third-order valence-electron chi connectivity index (χ3n) is 3.96. The van der Waals surface area contributed by atoms with E-state index in [1.54, 1.807) is 13.0 Å². The van der Waals surface area contributed by atoms with Crippen LogP contribution in [-0.4, -0.2) is 18.4 Å². The molecule has 26 heavy (non-hydrogen) atoms. The maximum Gasteiger partial charge on any atom is 0.336 e. The van der Waals surface area contributed by atoms with Crippen molar-refractivity contribution in [3.8, 4) is 0 Å². The zero-order valence-corrected chi connectivity index (χ0v) is 16.8. The number of nitrogens with zero attached hydrogens (tertiary/aromatic N) is 1. The van der Waals surface area contributed by atoms with Gasteiger partial charge in [-0.05, 0) is 31.0 Å². The summed E-state index contributed by atoms with van der Waals surface area (Å²) >= 11 is 18.8. The fraction of sp³-hybridized carbons (Fsp3) is 0.333. The van der Waals surface area contributed by atoms with Crippen LogP contribution in [0.5, 0.6) is 0 Å². The van der Waals surface area contributed by atoms with E-state index < -0.39 is 11.9 Å². The first-order valence-corrected chi connectivity index (χ1v) is 9.29. The predicted octanol–water partition coefficient (Wildman–Crippen LogP) is 4.56. The van der Waals surface area contributed by atoms with Crippen LogP contribution in [0.15, 0.2) is 40.2 Å². The van der Waals surface area contributed by atoms with Crippen molar-refractivity contribution in [2.45, 2.75) is 32.6 Å². The summed E-state index contributed by atoms with van der Waals surface area (Å²) in [7, 11) is 0. The molecule has 1 unspecified atom stereocenters. The Morgan fingerprint density at radius 1 is 1.31 bits per heavy atom. The molecule has 8 heteroatoms. The van der Waals surface area contributed by atoms with Crippen LogP contribution in [0.1, 0.15) is 38.2 Å². The minimum atomic E-state index is -0.665. The van der Waals surface area contributed by atoms with Crippen molar-refractivity contribution in [1.82, 2.24) is 0 Å². The molecule has 1 heterocycles. The predicted molar refractivity (Wildman–Crippen MR) is 107 cm³/mol. The Morgan fingerprint density at radius 3 is 2.58 bits per heavy atom. The highest BCUT2D eigenvalue weighted by Gasteiger charge is 2.36. The van der Waals surface area contributed by atoms with Gasteiger partial charge in [-0.25, -0.2) is 9.79 Å². The fourth-order valence-corrected chi connectivity index (χ4v) is 3.63. The fourth-order valence-electron chi connectivity index (χ4n) is 2.90. The Balaban J connectivity index is 2.80. The quantitative estimate of drug-likeness (QED) is 0.543. The summed E-state index contributed by atoms with van der Waals surface area (Å²) in [5.41, 5.74) is 13.8. The zero-order valence-electron chi connectivity index (χ0n) is 14.5. The van der Waals surface area contributed by atoms with Crippen molar-refractivity contribution in [3.05, 3.63) is 55.8 Å². The van der Waals surface area contributed by atoms with Crippen molar-refractivity contribution < 1.29 is 9.53 Å². The number of allylic oxidation sites excluding steroid dienone is 1. The van der Waals surface area contributed by atoms with Gasteiger partial charge in [-0.2, -0.15) is 0 Å². The molecule has 0 bridgehead atoms. The largest absolute Gasteiger partial charge is 0.463 e. The molecule has 4 N–H and O–H groups in total. The highest BCUT2D eigenvalue weighted by Crippen LogP contribution is 2.44. The van der Waals surface area contributed by atoms with Crippen LogP contribution < -0.4 is 11.5 Å². The molecule has 0 aliphatic carbocycles. The maximum absolute atomic E-state index is 12.7. The number of esters is 1. The molecular weight excluding hydrogens is 397 g/mol. The number of carbonyl (C=O) groups excluding carboxylic acids is 1. The summed E-state index contributed by atoms with van der Waals surface area (Å²) in [6.07, 6.45) is 2.64. The van der Waals surface area contributed by atoms with Crippen molar-refractivity contribution in [3.63, 3.8) is 0 Å². The lowest BCUT2D eigenvalue weighted by molar-refractivity contribution is -0.138. The SMILES string of the molecule is CCCC1=C(C(=O)OCC)C(c2cc(Cl)cc(Cl)c2Cl)/C(=C/N)C(N)=N1. The molecule has 0 amide bonds. The van der Waals surface area contributed by atoms with E-state index in [0.717, 1.165) is 6.42 Å². The highest BCUT2D eigenvalue weighted by molar-refractivity contribution is 6.43. The number of amidine groups is 1. The number of halogens is 3. The number of nitrogens with two attached hydrogens (primary N) is 2. The number of rotatable bonds is 5. The highest BCUT2D eigenvalue weighted by atomic mass is 35.5. The van der Waals surface area contributed by atoms with Crippen LogP contribution >= 0.6 is 34.8 Å². The van der Waals surface area contributed by atoms with Crippen molar-refractivity contribution in [1.29, 1.82) is 0 Å². The van der Waals surface area contributed by atoms with E-state index in [1.165, 1.54) is 12.3 Å². The molecule has 140 valence electrons. The van der Waals surface area contributed by atoms with Gasteiger partial charge in [0.05, 0.1) is 27.9 Å². The molecule has 0 spiro atoms. The topological polar surface area (TPSA) is 90.7 Å². The van der Waals surface area contributed by atoms with E-state index in [9.17, 15) is 4.79 Å². The Labute approximate surface area is 167 Å². The molecule has 1 aliphatic rings. The maximum atomic E-state index is 12.7. The monoisotopic (exact) mass is 415 g/mol. The van der Waals surface area contributed by atoms with E-state index in [1.807, 2.05) is 6.92 Å². The Morgan fingerprint density at radius 2 is 2.00 bits per heavy atom. The van der Waals surface area contributed by atoms with Gasteiger partial charge in [-0.3, -0.25) is 0 Å². The molecule has 1 aromatic carbocycles. The number of hydrogen-bond donors (Lipinski definition) is 2. The smallest absolute Gasteiger partial charge is 0.336 e. The molecule has 0 aromatic heterocycles. The van der Waals surface area contributed by atoms with Crippen LogP contribution in [0.4, 0.5) is 0 Å². The number of benzene rings is 1. The van der Waals surface area contributed by atoms with Crippen molar-refractivity contribution >= 4 is 46.6 Å². The number of hydrogen-bond acceptors (Lipinski definition) is 5. The third kappa shape index (κ3) is 4.00. The number of carbonyl (C=O) groups is 1. The lowest BCUT2D eigenvalue weighted by Crippen LogP contribution is -2.30. The molecule has 0 saturated carbocycles. The summed E-state index contributed by atoms with van der Waals surface area (Å²) in [6, 6.07) is 3.17. The van der Waals surface area contributed by atoms with Gasteiger partial charge in [0.15, 0.2) is 0 Å². The van der Waals surface area contributed by atoms with Gasteiger partial charge < -0.3 is 16.2 Å². The van der Waals surface area contributed by atoms with Crippen LogP contribution in [0.2, 0.25) is 15.1 Å². The zero-order chi connectivity index (χ0) is 19.4. The van der Waals surface area contributed by atoms with Gasteiger partial charge >= 0.3 is 5.97 Å². The molecule has 0 radical (unpaired) electrons. The summed E-state index contributed by atoms with van der Waals surface area (Å²) in [4.78, 5) is 17.1. The molecule has 2 rings (SSSR count). The van der Waals surface area contributed by atoms with Gasteiger partial charge in [-0.1, -0.05) is 48.1 Å². The lowest BCUT2D eigenvalue weighted by atomic mass is 9.80. The molecule has 5 nitrogen and oxygen atoms in total. The lowest BCUT2D eigenvalue weighted by Gasteiger charge is -2.29. The summed E-state index contributed by atoms with van der Waals surface area (Å²) in [5.74, 6) is -0.938. The average Bonchev–Trinajstić information content (AvgIpc) is 2.58. The van der Waals surface area contributed by atoms with Crippen LogP contribution in [0.25, 0.3) is 0 Å². The molecule has 0 saturated heterocycles. The van der Waals surface area contributed by atoms with E-state index >= 15 is 0 Å². The number of ether oxygens (including phenoxy) is 1. The molecule has 1 aliphatic heterocycles. The minimum Gasteiger partial charge on any atom is -0.463 e. The average molecular weight is 417 g/mol. The van der Waals surface area contributed by atoms with Gasteiger partial charge in [0, 0.05) is 22.7 Å². The van der Waals surface area contributed by atoms with Gasteiger partial charge in [-0.15, -0.1) is 0 Å². The van der Waals surface area contributed by atoms with Crippen LogP contribution in [0.3, 0.4) is 0 Å². The van der Waals surface area contributed by atoms with Crippen molar-refractivity contribution in [2.75, 3.05) is 6.61 Å². The third-order valence-corrected chi connectivity index (χ3v) is 4.99. The second kappa shape index (κ2) is 8.80. The first-order valence-electron chi connectivity index (χ1n) is 8.16. The molecular formula is C18H20Cl3N3O2. The normalized spacial score (nSPS) is 18.9. The first kappa shape index (κ1) is 20.6. The Hall–Kier alpha value is -1.69. The van der Waals surface area contributed by atoms with Gasteiger partial charge in [0.25, 0.3) is 0 Å². The van der Waals surface area contributed by atoms with E-state index in [-0.39, 0.29) is 22.5 Å².